The first-order valence-corrected chi connectivity index (χ1v) is 18.1. The smallest absolute Gasteiger partial charge is 0.315 e. The summed E-state index contributed by atoms with van der Waals surface area (Å²) in [7, 11) is -2.03. The highest BCUT2D eigenvalue weighted by atomic mass is 32.2. The molecule has 47 heavy (non-hydrogen) atoms. The number of nitrogens with one attached hydrogen (secondary N) is 4. The van der Waals surface area contributed by atoms with E-state index in [-0.39, 0.29) is 42.5 Å². The number of likely N-dealkylation sites (tertiary alicyclic amines) is 1. The third kappa shape index (κ3) is 9.55. The molecule has 1 saturated heterocycles. The number of ketones is 1. The first-order chi connectivity index (χ1) is 21.4. The Hall–Kier alpha value is -3.00. The van der Waals surface area contributed by atoms with Crippen molar-refractivity contribution in [3.63, 3.8) is 0 Å². The minimum atomic E-state index is -3.50. The molecule has 2 unspecified atom stereocenters. The summed E-state index contributed by atoms with van der Waals surface area (Å²) in [5, 5.41) is 10.9. The van der Waals surface area contributed by atoms with Gasteiger partial charge in [0.05, 0.1) is 11.8 Å². The van der Waals surface area contributed by atoms with Crippen LogP contribution in [0.15, 0.2) is 12.7 Å². The molecular weight excluding hydrogens is 624 g/mol. The average molecular weight is 683 g/mol. The molecule has 2 aliphatic rings. The quantitative estimate of drug-likeness (QED) is 0.151. The highest BCUT2D eigenvalue weighted by molar-refractivity contribution is 7.89. The third-order valence-electron chi connectivity index (χ3n) is 9.62. The van der Waals surface area contributed by atoms with Crippen LogP contribution in [0.2, 0.25) is 0 Å². The summed E-state index contributed by atoms with van der Waals surface area (Å²) in [6, 6.07) is -4.20. The zero-order chi connectivity index (χ0) is 36.3. The van der Waals surface area contributed by atoms with Gasteiger partial charge in [-0.2, -0.15) is 0 Å². The van der Waals surface area contributed by atoms with Crippen LogP contribution in [0.4, 0.5) is 4.79 Å². The predicted molar refractivity (Wildman–Crippen MR) is 182 cm³/mol. The molecule has 1 aliphatic carbocycles. The molecule has 0 radical (unpaired) electrons. The minimum Gasteiger partial charge on any atom is -0.346 e. The lowest BCUT2D eigenvalue weighted by Crippen LogP contribution is -2.62. The van der Waals surface area contributed by atoms with E-state index in [4.69, 9.17) is 0 Å². The van der Waals surface area contributed by atoms with Crippen LogP contribution in [-0.2, 0) is 29.2 Å². The lowest BCUT2D eigenvalue weighted by Gasteiger charge is -2.39. The normalized spacial score (nSPS) is 22.4. The molecule has 14 heteroatoms. The molecule has 5 amide bonds. The van der Waals surface area contributed by atoms with Gasteiger partial charge in [0, 0.05) is 32.7 Å². The first kappa shape index (κ1) is 40.2. The van der Waals surface area contributed by atoms with E-state index in [1.165, 1.54) is 22.3 Å². The van der Waals surface area contributed by atoms with Gasteiger partial charge in [-0.15, -0.1) is 6.58 Å². The van der Waals surface area contributed by atoms with Gasteiger partial charge >= 0.3 is 6.03 Å². The Kier molecular flexibility index (Phi) is 12.9. The van der Waals surface area contributed by atoms with Crippen LogP contribution >= 0.6 is 0 Å². The molecule has 1 heterocycles. The molecule has 2 fully saturated rings. The van der Waals surface area contributed by atoms with Gasteiger partial charge in [-0.25, -0.2) is 17.5 Å². The summed E-state index contributed by atoms with van der Waals surface area (Å²) < 4.78 is 26.1. The number of fused-ring (bicyclic) bond motifs is 1. The molecule has 1 saturated carbocycles. The summed E-state index contributed by atoms with van der Waals surface area (Å²) in [5.74, 6) is -2.71. The fourth-order valence-electron chi connectivity index (χ4n) is 6.31. The second-order valence-electron chi connectivity index (χ2n) is 15.6. The predicted octanol–water partition coefficient (Wildman–Crippen LogP) is 2.04. The maximum absolute atomic E-state index is 14.3. The summed E-state index contributed by atoms with van der Waals surface area (Å²) in [4.78, 5) is 68.6. The fraction of sp³-hybridized carbons (Fsp3) is 0.788. The van der Waals surface area contributed by atoms with Gasteiger partial charge in [0.15, 0.2) is 0 Å². The van der Waals surface area contributed by atoms with Crippen LogP contribution in [0.1, 0.15) is 82.1 Å². The summed E-state index contributed by atoms with van der Waals surface area (Å²) >= 11 is 0. The number of hydrogen-bond donors (Lipinski definition) is 4. The number of hydrogen-bond acceptors (Lipinski definition) is 7. The summed E-state index contributed by atoms with van der Waals surface area (Å²) in [6.45, 7) is 22.6. The standard InChI is InChI=1S/C33H58N6O7S/c1-13-16-21(25(40)28(42)34-17-14-2)35-27(41)24-23-20(33(23,10)11)18-39(24)29(43)26(32(7,8)9)37-30(44)36-22(31(4,5)6)19-38(12)47(45,46)15-3/h14,20-24,26H,2,13,15-19H2,1,3-12H3,(H,34,42)(H,35,41)(H2,36,37,44)/t20-,21?,22+,23?,24-,26+/m0/s1. The van der Waals surface area contributed by atoms with Gasteiger partial charge < -0.3 is 26.2 Å². The van der Waals surface area contributed by atoms with E-state index < -0.39 is 74.6 Å². The molecule has 268 valence electrons. The van der Waals surface area contributed by atoms with Crippen molar-refractivity contribution in [2.75, 3.05) is 32.4 Å². The topological polar surface area (TPSA) is 174 Å². The van der Waals surface area contributed by atoms with Gasteiger partial charge in [-0.3, -0.25) is 19.2 Å². The molecule has 0 spiro atoms. The van der Waals surface area contributed by atoms with Crippen molar-refractivity contribution >= 4 is 39.6 Å². The van der Waals surface area contributed by atoms with Gasteiger partial charge in [0.25, 0.3) is 5.91 Å². The van der Waals surface area contributed by atoms with Crippen molar-refractivity contribution in [2.24, 2.45) is 28.1 Å². The number of carbonyl (C=O) groups excluding carboxylic acids is 5. The Labute approximate surface area is 281 Å². The van der Waals surface area contributed by atoms with Crippen molar-refractivity contribution in [1.82, 2.24) is 30.5 Å². The minimum absolute atomic E-state index is 0.0390. The second-order valence-corrected chi connectivity index (χ2v) is 18.0. The van der Waals surface area contributed by atoms with Crippen LogP contribution in [-0.4, -0.2) is 104 Å². The molecular formula is C33H58N6O7S. The fourth-order valence-corrected chi connectivity index (χ4v) is 7.13. The maximum Gasteiger partial charge on any atom is 0.315 e. The Morgan fingerprint density at radius 1 is 1.00 bits per heavy atom. The number of amides is 5. The van der Waals surface area contributed by atoms with E-state index >= 15 is 0 Å². The maximum atomic E-state index is 14.3. The molecule has 0 aromatic rings. The molecule has 6 atom stereocenters. The number of urea groups is 1. The largest absolute Gasteiger partial charge is 0.346 e. The Morgan fingerprint density at radius 2 is 1.60 bits per heavy atom. The number of nitrogens with zero attached hydrogens (tertiary/aromatic N) is 2. The van der Waals surface area contributed by atoms with E-state index in [0.29, 0.717) is 13.0 Å². The molecule has 0 aromatic carbocycles. The van der Waals surface area contributed by atoms with Crippen molar-refractivity contribution in [2.45, 2.75) is 106 Å². The highest BCUT2D eigenvalue weighted by Gasteiger charge is 2.70. The van der Waals surface area contributed by atoms with E-state index in [1.54, 1.807) is 6.92 Å². The van der Waals surface area contributed by atoms with Crippen molar-refractivity contribution < 1.29 is 32.4 Å². The zero-order valence-corrected chi connectivity index (χ0v) is 31.0. The Bertz CT molecular complexity index is 1320. The number of piperidine rings is 1. The van der Waals surface area contributed by atoms with Crippen LogP contribution in [0.5, 0.6) is 0 Å². The van der Waals surface area contributed by atoms with Crippen LogP contribution in [0.3, 0.4) is 0 Å². The Morgan fingerprint density at radius 3 is 2.09 bits per heavy atom. The van der Waals surface area contributed by atoms with Crippen molar-refractivity contribution in [1.29, 1.82) is 0 Å². The highest BCUT2D eigenvalue weighted by Crippen LogP contribution is 2.65. The molecule has 13 nitrogen and oxygen atoms in total. The van der Waals surface area contributed by atoms with Crippen LogP contribution < -0.4 is 21.3 Å². The Balaban J connectivity index is 2.33. The zero-order valence-electron chi connectivity index (χ0n) is 30.2. The van der Waals surface area contributed by atoms with Crippen molar-refractivity contribution in [3.05, 3.63) is 12.7 Å². The average Bonchev–Trinajstić information content (AvgIpc) is 3.28. The second kappa shape index (κ2) is 15.0. The van der Waals surface area contributed by atoms with E-state index in [0.717, 1.165) is 0 Å². The third-order valence-corrected chi connectivity index (χ3v) is 11.4. The molecule has 1 aliphatic heterocycles. The molecule has 0 bridgehead atoms. The van der Waals surface area contributed by atoms with E-state index in [1.807, 2.05) is 62.3 Å². The lowest BCUT2D eigenvalue weighted by molar-refractivity contribution is -0.145. The van der Waals surface area contributed by atoms with Gasteiger partial charge in [-0.1, -0.05) is 74.8 Å². The van der Waals surface area contributed by atoms with E-state index in [2.05, 4.69) is 27.8 Å². The number of Topliss-reactive ketones (excluding diaryl/α,β-unsaturated/α-hetero) is 1. The summed E-state index contributed by atoms with van der Waals surface area (Å²) in [6.07, 6.45) is 2.24. The van der Waals surface area contributed by atoms with Gasteiger partial charge in [0.1, 0.15) is 12.1 Å². The SMILES string of the molecule is C=CCNC(=O)C(=O)C(CCC)NC(=O)[C@@H]1C2[C@H](CN1C(=O)[C@@H](NC(=O)N[C@H](CN(C)S(=O)(=O)CC)C(C)(C)C)C(C)(C)C)C2(C)C. The number of carbonyl (C=O) groups is 5. The summed E-state index contributed by atoms with van der Waals surface area (Å²) in [5.41, 5.74) is -1.49. The molecule has 4 N–H and O–H groups in total. The first-order valence-electron chi connectivity index (χ1n) is 16.5. The molecule has 2 rings (SSSR count). The monoisotopic (exact) mass is 682 g/mol. The van der Waals surface area contributed by atoms with Crippen LogP contribution in [0.25, 0.3) is 0 Å². The van der Waals surface area contributed by atoms with Crippen molar-refractivity contribution in [3.8, 4) is 0 Å². The number of rotatable bonds is 15. The number of likely N-dealkylation sites (N-methyl/N-ethyl adjacent to an activating group) is 1. The van der Waals surface area contributed by atoms with Gasteiger partial charge in [0.2, 0.25) is 27.6 Å². The number of sulfonamides is 1. The lowest BCUT2D eigenvalue weighted by atomic mass is 9.85. The molecule has 0 aromatic heterocycles. The van der Waals surface area contributed by atoms with Gasteiger partial charge in [-0.05, 0) is 41.4 Å². The van der Waals surface area contributed by atoms with E-state index in [9.17, 15) is 32.4 Å². The van der Waals surface area contributed by atoms with Crippen LogP contribution in [0, 0.1) is 28.1 Å².